The predicted molar refractivity (Wildman–Crippen MR) is 66.7 cm³/mol. The number of ketones is 1. The van der Waals surface area contributed by atoms with Crippen LogP contribution in [0.25, 0.3) is 0 Å². The van der Waals surface area contributed by atoms with Crippen LogP contribution in [0.5, 0.6) is 0 Å². The summed E-state index contributed by atoms with van der Waals surface area (Å²) in [4.78, 5) is 23.0. The highest BCUT2D eigenvalue weighted by Gasteiger charge is 2.18. The average molecular weight is 227 g/mol. The molecular weight excluding hydrogens is 214 g/mol. The van der Waals surface area contributed by atoms with Gasteiger partial charge in [0.1, 0.15) is 0 Å². The van der Waals surface area contributed by atoms with Crippen molar-refractivity contribution in [1.29, 1.82) is 0 Å². The van der Waals surface area contributed by atoms with Crippen molar-refractivity contribution in [3.8, 4) is 0 Å². The molecule has 2 rings (SSSR count). The van der Waals surface area contributed by atoms with Crippen LogP contribution in [0.2, 0.25) is 0 Å². The van der Waals surface area contributed by atoms with Crippen molar-refractivity contribution in [2.45, 2.75) is 19.8 Å². The van der Waals surface area contributed by atoms with Crippen molar-refractivity contribution < 1.29 is 4.79 Å². The topological polar surface area (TPSA) is 46.5 Å². The highest BCUT2D eigenvalue weighted by atomic mass is 16.3. The quantitative estimate of drug-likeness (QED) is 0.585. The van der Waals surface area contributed by atoms with E-state index in [-0.39, 0.29) is 5.78 Å². The molecule has 0 saturated heterocycles. The van der Waals surface area contributed by atoms with Crippen LogP contribution < -0.4 is 0 Å². The molecule has 0 bridgehead atoms. The molecule has 0 radical (unpaired) electrons. The van der Waals surface area contributed by atoms with Crippen molar-refractivity contribution in [2.24, 2.45) is 5.18 Å². The Bertz CT molecular complexity index is 527. The molecule has 3 nitrogen and oxygen atoms in total. The number of aryl methyl sites for hydroxylation is 1. The maximum atomic E-state index is 12.3. The summed E-state index contributed by atoms with van der Waals surface area (Å²) in [5.41, 5.74) is 2.34. The molecule has 1 aliphatic rings. The minimum absolute atomic E-state index is 0.117. The van der Waals surface area contributed by atoms with E-state index in [1.807, 2.05) is 31.2 Å². The Morgan fingerprint density at radius 1 is 1.29 bits per heavy atom. The monoisotopic (exact) mass is 227 g/mol. The average Bonchev–Trinajstić information content (AvgIpc) is 2.38. The van der Waals surface area contributed by atoms with Gasteiger partial charge in [0.2, 0.25) is 0 Å². The first-order chi connectivity index (χ1) is 8.24. The van der Waals surface area contributed by atoms with Crippen LogP contribution in [-0.4, -0.2) is 5.78 Å². The number of nitroso groups, excluding NO2 is 1. The van der Waals surface area contributed by atoms with E-state index in [0.717, 1.165) is 12.0 Å². The summed E-state index contributed by atoms with van der Waals surface area (Å²) in [6.45, 7) is 1.88. The highest BCUT2D eigenvalue weighted by molar-refractivity contribution is 6.11. The summed E-state index contributed by atoms with van der Waals surface area (Å²) in [7, 11) is 0. The van der Waals surface area contributed by atoms with Gasteiger partial charge in [0.25, 0.3) is 0 Å². The number of hydrogen-bond acceptors (Lipinski definition) is 3. The zero-order valence-corrected chi connectivity index (χ0v) is 9.64. The first kappa shape index (κ1) is 11.5. The van der Waals surface area contributed by atoms with Gasteiger partial charge in [0.05, 0.1) is 5.70 Å². The fourth-order valence-electron chi connectivity index (χ4n) is 1.93. The standard InChI is InChI=1S/C14H13NO2/c1-10-6-2-3-7-11(10)14(16)12-8-4-5-9-13(12)15-17/h2-4,6-8H,5,9H2,1H3. The van der Waals surface area contributed by atoms with Crippen molar-refractivity contribution in [3.05, 3.63) is 63.7 Å². The molecule has 3 heteroatoms. The molecule has 1 aromatic carbocycles. The van der Waals surface area contributed by atoms with Crippen molar-refractivity contribution in [2.75, 3.05) is 0 Å². The molecular formula is C14H13NO2. The summed E-state index contributed by atoms with van der Waals surface area (Å²) >= 11 is 0. The number of hydrogen-bond donors (Lipinski definition) is 0. The van der Waals surface area contributed by atoms with Gasteiger partial charge >= 0.3 is 0 Å². The van der Waals surface area contributed by atoms with E-state index in [2.05, 4.69) is 5.18 Å². The van der Waals surface area contributed by atoms with Gasteiger partial charge in [-0.25, -0.2) is 0 Å². The summed E-state index contributed by atoms with van der Waals surface area (Å²) < 4.78 is 0. The lowest BCUT2D eigenvalue weighted by Gasteiger charge is -2.10. The molecule has 0 fully saturated rings. The Labute approximate surface area is 99.8 Å². The van der Waals surface area contributed by atoms with Crippen LogP contribution in [0.3, 0.4) is 0 Å². The lowest BCUT2D eigenvalue weighted by atomic mass is 9.94. The lowest BCUT2D eigenvalue weighted by Crippen LogP contribution is -2.08. The van der Waals surface area contributed by atoms with E-state index >= 15 is 0 Å². The largest absolute Gasteiger partial charge is 0.289 e. The third kappa shape index (κ3) is 2.23. The van der Waals surface area contributed by atoms with Crippen LogP contribution in [0.1, 0.15) is 28.8 Å². The second-order valence-electron chi connectivity index (χ2n) is 4.04. The number of nitrogens with zero attached hydrogens (tertiary/aromatic N) is 1. The van der Waals surface area contributed by atoms with Gasteiger partial charge < -0.3 is 0 Å². The molecule has 0 heterocycles. The van der Waals surface area contributed by atoms with E-state index < -0.39 is 0 Å². The Kier molecular flexibility index (Phi) is 3.28. The smallest absolute Gasteiger partial charge is 0.195 e. The van der Waals surface area contributed by atoms with Gasteiger partial charge in [-0.1, -0.05) is 36.4 Å². The minimum Gasteiger partial charge on any atom is -0.289 e. The van der Waals surface area contributed by atoms with Gasteiger partial charge in [0, 0.05) is 11.1 Å². The second-order valence-corrected chi connectivity index (χ2v) is 4.04. The molecule has 0 spiro atoms. The summed E-state index contributed by atoms with van der Waals surface area (Å²) in [6, 6.07) is 7.36. The normalized spacial score (nSPS) is 14.9. The molecule has 0 unspecified atom stereocenters. The third-order valence-electron chi connectivity index (χ3n) is 2.89. The molecule has 0 aromatic heterocycles. The molecule has 86 valence electrons. The summed E-state index contributed by atoms with van der Waals surface area (Å²) in [5.74, 6) is -0.117. The molecule has 0 saturated carbocycles. The van der Waals surface area contributed by atoms with Crippen molar-refractivity contribution in [1.82, 2.24) is 0 Å². The lowest BCUT2D eigenvalue weighted by molar-refractivity contribution is 0.103. The van der Waals surface area contributed by atoms with Crippen LogP contribution in [0, 0.1) is 11.8 Å². The Morgan fingerprint density at radius 3 is 2.76 bits per heavy atom. The van der Waals surface area contributed by atoms with E-state index in [9.17, 15) is 9.70 Å². The molecule has 0 amide bonds. The number of Topliss-reactive ketones (excluding diaryl/α,β-unsaturated/α-hetero) is 1. The molecule has 1 aromatic rings. The van der Waals surface area contributed by atoms with Gasteiger partial charge in [-0.15, -0.1) is 4.91 Å². The minimum atomic E-state index is -0.117. The number of carbonyl (C=O) groups is 1. The van der Waals surface area contributed by atoms with E-state index in [1.54, 1.807) is 12.1 Å². The maximum Gasteiger partial charge on any atom is 0.195 e. The number of rotatable bonds is 3. The zero-order valence-electron chi connectivity index (χ0n) is 9.64. The van der Waals surface area contributed by atoms with Gasteiger partial charge in [-0.05, 0) is 30.5 Å². The molecule has 0 atom stereocenters. The Morgan fingerprint density at radius 2 is 2.06 bits per heavy atom. The summed E-state index contributed by atoms with van der Waals surface area (Å²) in [6.07, 6.45) is 4.92. The van der Waals surface area contributed by atoms with Crippen LogP contribution >= 0.6 is 0 Å². The van der Waals surface area contributed by atoms with Crippen LogP contribution in [0.15, 0.2) is 52.9 Å². The SMILES string of the molecule is Cc1ccccc1C(=O)C1=C(N=O)CCC=C1. The van der Waals surface area contributed by atoms with Crippen molar-refractivity contribution >= 4 is 5.78 Å². The van der Waals surface area contributed by atoms with Gasteiger partial charge in [-0.2, -0.15) is 0 Å². The molecule has 0 aliphatic heterocycles. The van der Waals surface area contributed by atoms with Crippen LogP contribution in [-0.2, 0) is 0 Å². The molecule has 17 heavy (non-hydrogen) atoms. The highest BCUT2D eigenvalue weighted by Crippen LogP contribution is 2.24. The fraction of sp³-hybridized carbons (Fsp3) is 0.214. The Hall–Kier alpha value is -2.03. The van der Waals surface area contributed by atoms with E-state index in [4.69, 9.17) is 0 Å². The first-order valence-electron chi connectivity index (χ1n) is 5.57. The van der Waals surface area contributed by atoms with Crippen LogP contribution in [0.4, 0.5) is 0 Å². The van der Waals surface area contributed by atoms with Gasteiger partial charge in [0.15, 0.2) is 5.78 Å². The number of carbonyl (C=O) groups excluding carboxylic acids is 1. The number of allylic oxidation sites excluding steroid dienone is 4. The number of benzene rings is 1. The first-order valence-corrected chi connectivity index (χ1v) is 5.57. The second kappa shape index (κ2) is 4.87. The van der Waals surface area contributed by atoms with Gasteiger partial charge in [-0.3, -0.25) is 4.79 Å². The predicted octanol–water partition coefficient (Wildman–Crippen LogP) is 3.55. The molecule has 1 aliphatic carbocycles. The summed E-state index contributed by atoms with van der Waals surface area (Å²) in [5, 5.41) is 2.96. The Balaban J connectivity index is 2.45. The molecule has 0 N–H and O–H groups in total. The van der Waals surface area contributed by atoms with E-state index in [0.29, 0.717) is 23.3 Å². The van der Waals surface area contributed by atoms with E-state index in [1.165, 1.54) is 0 Å². The zero-order chi connectivity index (χ0) is 12.3. The maximum absolute atomic E-state index is 12.3. The van der Waals surface area contributed by atoms with Crippen molar-refractivity contribution in [3.63, 3.8) is 0 Å². The fourth-order valence-corrected chi connectivity index (χ4v) is 1.93. The third-order valence-corrected chi connectivity index (χ3v) is 2.89.